The normalized spacial score (nSPS) is 33.2. The fraction of sp³-hybridized carbons (Fsp3) is 0.667. The molecule has 0 unspecified atom stereocenters. The first-order valence-corrected chi connectivity index (χ1v) is 3.87. The molecule has 0 amide bonds. The van der Waals surface area contributed by atoms with Crippen LogP contribution in [0.15, 0.2) is 11.6 Å². The number of carbonyl (C=O) groups is 1. The lowest BCUT2D eigenvalue weighted by Gasteiger charge is -2.23. The second-order valence-electron chi connectivity index (χ2n) is 3.16. The van der Waals surface area contributed by atoms with Crippen LogP contribution >= 0.6 is 0 Å². The Bertz CT molecular complexity index is 158. The van der Waals surface area contributed by atoms with Crippen LogP contribution in [-0.2, 0) is 4.79 Å². The van der Waals surface area contributed by atoms with E-state index >= 15 is 0 Å². The number of carbonyl (C=O) groups excluding carboxylic acids is 1. The quantitative estimate of drug-likeness (QED) is 0.401. The lowest BCUT2D eigenvalue weighted by Crippen LogP contribution is -2.17. The molecule has 1 heteroatoms. The van der Waals surface area contributed by atoms with E-state index in [2.05, 4.69) is 19.9 Å². The van der Waals surface area contributed by atoms with Crippen molar-refractivity contribution < 1.29 is 4.79 Å². The molecule has 1 aliphatic carbocycles. The molecule has 2 atom stereocenters. The molecule has 0 aromatic carbocycles. The number of rotatable bonds is 1. The summed E-state index contributed by atoms with van der Waals surface area (Å²) in [5, 5.41) is 0. The van der Waals surface area contributed by atoms with Crippen molar-refractivity contribution in [1.29, 1.82) is 0 Å². The number of hydrogen-bond acceptors (Lipinski definition) is 1. The molecule has 0 fully saturated rings. The largest absolute Gasteiger partial charge is 0.303 e. The van der Waals surface area contributed by atoms with Crippen LogP contribution in [0.4, 0.5) is 0 Å². The van der Waals surface area contributed by atoms with Gasteiger partial charge in [0, 0.05) is 5.92 Å². The van der Waals surface area contributed by atoms with Crippen molar-refractivity contribution in [3.63, 3.8) is 0 Å². The zero-order chi connectivity index (χ0) is 7.56. The second kappa shape index (κ2) is 3.00. The van der Waals surface area contributed by atoms with E-state index in [1.807, 2.05) is 0 Å². The molecular formula is C9H14O. The predicted molar refractivity (Wildman–Crippen MR) is 41.7 cm³/mol. The summed E-state index contributed by atoms with van der Waals surface area (Å²) in [4.78, 5) is 10.5. The monoisotopic (exact) mass is 138 g/mol. The molecule has 56 valence electrons. The van der Waals surface area contributed by atoms with Crippen molar-refractivity contribution in [1.82, 2.24) is 0 Å². The Kier molecular flexibility index (Phi) is 2.25. The molecule has 1 rings (SSSR count). The van der Waals surface area contributed by atoms with Crippen molar-refractivity contribution in [2.24, 2.45) is 11.8 Å². The molecule has 10 heavy (non-hydrogen) atoms. The molecule has 0 spiro atoms. The molecule has 0 saturated carbocycles. The van der Waals surface area contributed by atoms with Gasteiger partial charge in [-0.3, -0.25) is 0 Å². The van der Waals surface area contributed by atoms with Crippen LogP contribution in [0.1, 0.15) is 26.7 Å². The Hall–Kier alpha value is -0.590. The van der Waals surface area contributed by atoms with E-state index < -0.39 is 0 Å². The Balaban J connectivity index is 2.72. The average molecular weight is 138 g/mol. The number of aldehydes is 1. The van der Waals surface area contributed by atoms with Gasteiger partial charge in [-0.05, 0) is 25.7 Å². The van der Waals surface area contributed by atoms with Gasteiger partial charge in [-0.25, -0.2) is 0 Å². The first-order chi connectivity index (χ1) is 4.75. The highest BCUT2D eigenvalue weighted by Gasteiger charge is 2.20. The lowest BCUT2D eigenvalue weighted by atomic mass is 9.81. The Morgan fingerprint density at radius 3 is 2.80 bits per heavy atom. The van der Waals surface area contributed by atoms with Gasteiger partial charge in [-0.15, -0.1) is 0 Å². The van der Waals surface area contributed by atoms with E-state index in [1.54, 1.807) is 0 Å². The van der Waals surface area contributed by atoms with Crippen LogP contribution in [0.25, 0.3) is 0 Å². The van der Waals surface area contributed by atoms with Crippen molar-refractivity contribution in [2.75, 3.05) is 0 Å². The molecule has 0 aromatic rings. The topological polar surface area (TPSA) is 17.1 Å². The van der Waals surface area contributed by atoms with E-state index in [0.29, 0.717) is 5.92 Å². The highest BCUT2D eigenvalue weighted by molar-refractivity contribution is 5.59. The van der Waals surface area contributed by atoms with Gasteiger partial charge in [0.15, 0.2) is 0 Å². The summed E-state index contributed by atoms with van der Waals surface area (Å²) < 4.78 is 0. The summed E-state index contributed by atoms with van der Waals surface area (Å²) in [5.74, 6) is 0.760. The van der Waals surface area contributed by atoms with Gasteiger partial charge in [-0.2, -0.15) is 0 Å². The fourth-order valence-electron chi connectivity index (χ4n) is 1.58. The summed E-state index contributed by atoms with van der Waals surface area (Å²) in [7, 11) is 0. The molecular weight excluding hydrogens is 124 g/mol. The summed E-state index contributed by atoms with van der Waals surface area (Å²) in [6.45, 7) is 4.20. The maximum atomic E-state index is 10.5. The van der Waals surface area contributed by atoms with Crippen molar-refractivity contribution in [3.05, 3.63) is 11.6 Å². The van der Waals surface area contributed by atoms with Crippen molar-refractivity contribution in [2.45, 2.75) is 26.7 Å². The molecule has 1 aliphatic rings. The van der Waals surface area contributed by atoms with Crippen LogP contribution in [0.3, 0.4) is 0 Å². The van der Waals surface area contributed by atoms with E-state index in [-0.39, 0.29) is 5.92 Å². The maximum Gasteiger partial charge on any atom is 0.127 e. The van der Waals surface area contributed by atoms with Gasteiger partial charge in [-0.1, -0.05) is 18.6 Å². The smallest absolute Gasteiger partial charge is 0.127 e. The van der Waals surface area contributed by atoms with E-state index in [0.717, 1.165) is 12.7 Å². The highest BCUT2D eigenvalue weighted by Crippen LogP contribution is 2.27. The molecule has 0 aliphatic heterocycles. The summed E-state index contributed by atoms with van der Waals surface area (Å²) in [6, 6.07) is 0. The molecule has 0 bridgehead atoms. The molecule has 0 N–H and O–H groups in total. The average Bonchev–Trinajstić information content (AvgIpc) is 1.88. The molecule has 0 radical (unpaired) electrons. The Morgan fingerprint density at radius 2 is 2.40 bits per heavy atom. The number of hydrogen-bond donors (Lipinski definition) is 0. The van der Waals surface area contributed by atoms with Crippen molar-refractivity contribution >= 4 is 6.29 Å². The zero-order valence-electron chi connectivity index (χ0n) is 6.63. The maximum absolute atomic E-state index is 10.5. The molecule has 0 saturated heterocycles. The van der Waals surface area contributed by atoms with Gasteiger partial charge >= 0.3 is 0 Å². The minimum atomic E-state index is 0.203. The standard InChI is InChI=1S/C9H14O/c1-7-4-3-5-8(2)9(7)6-10/h4,6,8-9H,3,5H2,1-2H3/t8-,9-/m1/s1. The minimum absolute atomic E-state index is 0.203. The van der Waals surface area contributed by atoms with Crippen LogP contribution < -0.4 is 0 Å². The molecule has 1 nitrogen and oxygen atoms in total. The van der Waals surface area contributed by atoms with Crippen LogP contribution in [0.5, 0.6) is 0 Å². The SMILES string of the molecule is CC1=CCC[C@@H](C)[C@@H]1C=O. The van der Waals surface area contributed by atoms with Crippen LogP contribution in [0, 0.1) is 11.8 Å². The third-order valence-electron chi connectivity index (χ3n) is 2.37. The van der Waals surface area contributed by atoms with Crippen LogP contribution in [0.2, 0.25) is 0 Å². The zero-order valence-corrected chi connectivity index (χ0v) is 6.63. The Morgan fingerprint density at radius 1 is 1.70 bits per heavy atom. The van der Waals surface area contributed by atoms with E-state index in [4.69, 9.17) is 0 Å². The van der Waals surface area contributed by atoms with Gasteiger partial charge in [0.05, 0.1) is 0 Å². The Labute approximate surface area is 62.1 Å². The summed E-state index contributed by atoms with van der Waals surface area (Å²) in [6.07, 6.45) is 5.58. The third-order valence-corrected chi connectivity index (χ3v) is 2.37. The van der Waals surface area contributed by atoms with Gasteiger partial charge in [0.1, 0.15) is 6.29 Å². The lowest BCUT2D eigenvalue weighted by molar-refractivity contribution is -0.111. The summed E-state index contributed by atoms with van der Waals surface area (Å²) in [5.41, 5.74) is 1.26. The number of allylic oxidation sites excluding steroid dienone is 2. The molecule has 0 heterocycles. The first-order valence-electron chi connectivity index (χ1n) is 3.87. The highest BCUT2D eigenvalue weighted by atomic mass is 16.1. The van der Waals surface area contributed by atoms with Gasteiger partial charge < -0.3 is 4.79 Å². The van der Waals surface area contributed by atoms with Gasteiger partial charge in [0.25, 0.3) is 0 Å². The molecule has 0 aromatic heterocycles. The van der Waals surface area contributed by atoms with Crippen LogP contribution in [-0.4, -0.2) is 6.29 Å². The minimum Gasteiger partial charge on any atom is -0.303 e. The first kappa shape index (κ1) is 7.52. The van der Waals surface area contributed by atoms with E-state index in [1.165, 1.54) is 12.0 Å². The fourth-order valence-corrected chi connectivity index (χ4v) is 1.58. The van der Waals surface area contributed by atoms with Crippen molar-refractivity contribution in [3.8, 4) is 0 Å². The van der Waals surface area contributed by atoms with E-state index in [9.17, 15) is 4.79 Å². The third kappa shape index (κ3) is 1.28. The van der Waals surface area contributed by atoms with Gasteiger partial charge in [0.2, 0.25) is 0 Å². The summed E-state index contributed by atoms with van der Waals surface area (Å²) >= 11 is 0. The second-order valence-corrected chi connectivity index (χ2v) is 3.16. The predicted octanol–water partition coefficient (Wildman–Crippen LogP) is 2.18.